The van der Waals surface area contributed by atoms with Crippen molar-refractivity contribution in [1.29, 1.82) is 0 Å². The molecule has 1 aromatic heterocycles. The van der Waals surface area contributed by atoms with E-state index in [0.717, 1.165) is 0 Å². The summed E-state index contributed by atoms with van der Waals surface area (Å²) in [5.41, 5.74) is -0.492. The van der Waals surface area contributed by atoms with Crippen molar-refractivity contribution in [3.05, 3.63) is 17.9 Å². The lowest BCUT2D eigenvalue weighted by Crippen LogP contribution is -2.37. The van der Waals surface area contributed by atoms with E-state index in [9.17, 15) is 4.79 Å². The van der Waals surface area contributed by atoms with Crippen molar-refractivity contribution in [2.75, 3.05) is 11.9 Å². The summed E-state index contributed by atoms with van der Waals surface area (Å²) in [6, 6.07) is 2.91. The van der Waals surface area contributed by atoms with Crippen LogP contribution in [0, 0.1) is 0 Å². The molecule has 84 valence electrons. The molecule has 3 N–H and O–H groups in total. The molecule has 5 nitrogen and oxygen atoms in total. The number of aliphatic hydroxyl groups is 1. The number of furan rings is 1. The second-order valence-corrected chi connectivity index (χ2v) is 3.67. The Hall–Kier alpha value is -1.49. The molecule has 1 aromatic rings. The summed E-state index contributed by atoms with van der Waals surface area (Å²) in [6.07, 6.45) is 0.701. The molecule has 0 radical (unpaired) electrons. The standard InChI is InChI=1S/C10H15NO4/c1-3-10(2,6-12)11-8-5-4-7(15-8)9(13)14/h4-5,11-12H,3,6H2,1-2H3,(H,13,14). The molecule has 15 heavy (non-hydrogen) atoms. The maximum atomic E-state index is 10.5. The van der Waals surface area contributed by atoms with Gasteiger partial charge < -0.3 is 19.9 Å². The lowest BCUT2D eigenvalue weighted by molar-refractivity contribution is 0.0663. The molecule has 0 aliphatic carbocycles. The summed E-state index contributed by atoms with van der Waals surface area (Å²) >= 11 is 0. The Morgan fingerprint density at radius 1 is 1.60 bits per heavy atom. The van der Waals surface area contributed by atoms with Gasteiger partial charge >= 0.3 is 5.97 Å². The zero-order valence-corrected chi connectivity index (χ0v) is 8.78. The van der Waals surface area contributed by atoms with E-state index in [1.165, 1.54) is 12.1 Å². The largest absolute Gasteiger partial charge is 0.475 e. The van der Waals surface area contributed by atoms with Crippen molar-refractivity contribution in [2.24, 2.45) is 0 Å². The zero-order valence-electron chi connectivity index (χ0n) is 8.78. The fourth-order valence-corrected chi connectivity index (χ4v) is 1.06. The van der Waals surface area contributed by atoms with Crippen LogP contribution in [0.3, 0.4) is 0 Å². The molecule has 1 rings (SSSR count). The third-order valence-electron chi connectivity index (χ3n) is 2.37. The van der Waals surface area contributed by atoms with Crippen molar-refractivity contribution in [3.8, 4) is 0 Å². The van der Waals surface area contributed by atoms with Crippen LogP contribution in [0.4, 0.5) is 5.88 Å². The number of carboxylic acid groups (broad SMARTS) is 1. The van der Waals surface area contributed by atoms with Gasteiger partial charge in [-0.2, -0.15) is 0 Å². The first-order valence-electron chi connectivity index (χ1n) is 4.73. The van der Waals surface area contributed by atoms with Crippen LogP contribution in [0.15, 0.2) is 16.5 Å². The second-order valence-electron chi connectivity index (χ2n) is 3.67. The van der Waals surface area contributed by atoms with Crippen molar-refractivity contribution in [2.45, 2.75) is 25.8 Å². The Morgan fingerprint density at radius 3 is 2.67 bits per heavy atom. The highest BCUT2D eigenvalue weighted by Crippen LogP contribution is 2.20. The van der Waals surface area contributed by atoms with E-state index >= 15 is 0 Å². The monoisotopic (exact) mass is 213 g/mol. The first-order valence-corrected chi connectivity index (χ1v) is 4.73. The second kappa shape index (κ2) is 4.35. The molecule has 1 heterocycles. The quantitative estimate of drug-likeness (QED) is 0.691. The predicted octanol–water partition coefficient (Wildman–Crippen LogP) is 1.55. The number of rotatable bonds is 5. The molecule has 1 unspecified atom stereocenters. The lowest BCUT2D eigenvalue weighted by Gasteiger charge is -2.26. The van der Waals surface area contributed by atoms with Crippen LogP contribution in [0.5, 0.6) is 0 Å². The molecule has 0 aromatic carbocycles. The summed E-state index contributed by atoms with van der Waals surface area (Å²) in [5, 5.41) is 20.7. The van der Waals surface area contributed by atoms with Crippen LogP contribution in [0.2, 0.25) is 0 Å². The first kappa shape index (κ1) is 11.6. The van der Waals surface area contributed by atoms with Gasteiger partial charge in [0.25, 0.3) is 0 Å². The van der Waals surface area contributed by atoms with Gasteiger partial charge in [0, 0.05) is 6.07 Å². The Bertz CT molecular complexity index is 341. The zero-order chi connectivity index (χ0) is 11.5. The van der Waals surface area contributed by atoms with Crippen LogP contribution >= 0.6 is 0 Å². The molecule has 0 saturated carbocycles. The summed E-state index contributed by atoms with van der Waals surface area (Å²) < 4.78 is 5.02. The van der Waals surface area contributed by atoms with E-state index in [2.05, 4.69) is 5.32 Å². The highest BCUT2D eigenvalue weighted by molar-refractivity contribution is 5.84. The number of nitrogens with one attached hydrogen (secondary N) is 1. The van der Waals surface area contributed by atoms with E-state index in [-0.39, 0.29) is 12.4 Å². The van der Waals surface area contributed by atoms with Gasteiger partial charge in [0.2, 0.25) is 5.76 Å². The number of aliphatic hydroxyl groups excluding tert-OH is 1. The van der Waals surface area contributed by atoms with E-state index < -0.39 is 11.5 Å². The number of hydrogen-bond acceptors (Lipinski definition) is 4. The predicted molar refractivity (Wildman–Crippen MR) is 55.1 cm³/mol. The van der Waals surface area contributed by atoms with E-state index in [1.54, 1.807) is 0 Å². The fraction of sp³-hybridized carbons (Fsp3) is 0.500. The third-order valence-corrected chi connectivity index (χ3v) is 2.37. The van der Waals surface area contributed by atoms with Crippen LogP contribution < -0.4 is 5.32 Å². The number of hydrogen-bond donors (Lipinski definition) is 3. The summed E-state index contributed by atoms with van der Waals surface area (Å²) in [4.78, 5) is 10.5. The third kappa shape index (κ3) is 2.73. The van der Waals surface area contributed by atoms with Crippen LogP contribution in [0.25, 0.3) is 0 Å². The van der Waals surface area contributed by atoms with Crippen molar-refractivity contribution < 1.29 is 19.4 Å². The first-order chi connectivity index (χ1) is 7.00. The maximum absolute atomic E-state index is 10.5. The SMILES string of the molecule is CCC(C)(CO)Nc1ccc(C(=O)O)o1. The molecule has 0 spiro atoms. The number of carboxylic acids is 1. The molecular weight excluding hydrogens is 198 g/mol. The van der Waals surface area contributed by atoms with Gasteiger partial charge in [-0.25, -0.2) is 4.79 Å². The summed E-state index contributed by atoms with van der Waals surface area (Å²) in [6.45, 7) is 3.70. The van der Waals surface area contributed by atoms with Crippen molar-refractivity contribution in [3.63, 3.8) is 0 Å². The van der Waals surface area contributed by atoms with Gasteiger partial charge in [-0.3, -0.25) is 0 Å². The van der Waals surface area contributed by atoms with Gasteiger partial charge in [0.15, 0.2) is 5.88 Å². The molecule has 5 heteroatoms. The van der Waals surface area contributed by atoms with E-state index in [4.69, 9.17) is 14.6 Å². The topological polar surface area (TPSA) is 82.7 Å². The molecule has 0 saturated heterocycles. The Labute approximate surface area is 87.7 Å². The Morgan fingerprint density at radius 2 is 2.27 bits per heavy atom. The van der Waals surface area contributed by atoms with E-state index in [0.29, 0.717) is 12.3 Å². The minimum absolute atomic E-state index is 0.0490. The van der Waals surface area contributed by atoms with Gasteiger partial charge in [-0.05, 0) is 19.4 Å². The van der Waals surface area contributed by atoms with Crippen molar-refractivity contribution in [1.82, 2.24) is 0 Å². The fourth-order valence-electron chi connectivity index (χ4n) is 1.06. The smallest absolute Gasteiger partial charge is 0.371 e. The summed E-state index contributed by atoms with van der Waals surface area (Å²) in [5.74, 6) is -0.870. The molecule has 0 amide bonds. The number of anilines is 1. The number of aromatic carboxylic acids is 1. The Kier molecular flexibility index (Phi) is 3.36. The van der Waals surface area contributed by atoms with Crippen molar-refractivity contribution >= 4 is 11.9 Å². The van der Waals surface area contributed by atoms with E-state index in [1.807, 2.05) is 13.8 Å². The van der Waals surface area contributed by atoms with Gasteiger partial charge in [0.05, 0.1) is 12.1 Å². The maximum Gasteiger partial charge on any atom is 0.371 e. The minimum Gasteiger partial charge on any atom is -0.475 e. The highest BCUT2D eigenvalue weighted by Gasteiger charge is 2.22. The molecule has 1 atom stereocenters. The van der Waals surface area contributed by atoms with Gasteiger partial charge in [-0.1, -0.05) is 6.92 Å². The molecule has 0 aliphatic heterocycles. The average molecular weight is 213 g/mol. The van der Waals surface area contributed by atoms with Crippen LogP contribution in [-0.4, -0.2) is 28.3 Å². The summed E-state index contributed by atoms with van der Waals surface area (Å²) in [7, 11) is 0. The van der Waals surface area contributed by atoms with Gasteiger partial charge in [0.1, 0.15) is 0 Å². The average Bonchev–Trinajstić information content (AvgIpc) is 2.66. The molecule has 0 aliphatic rings. The number of carbonyl (C=O) groups is 1. The molecule has 0 bridgehead atoms. The minimum atomic E-state index is -1.11. The lowest BCUT2D eigenvalue weighted by atomic mass is 10.0. The molecule has 0 fully saturated rings. The Balaban J connectivity index is 2.76. The van der Waals surface area contributed by atoms with Gasteiger partial charge in [-0.15, -0.1) is 0 Å². The highest BCUT2D eigenvalue weighted by atomic mass is 16.4. The van der Waals surface area contributed by atoms with Crippen LogP contribution in [-0.2, 0) is 0 Å². The molecular formula is C10H15NO4. The van der Waals surface area contributed by atoms with Crippen LogP contribution in [0.1, 0.15) is 30.8 Å². The normalized spacial score (nSPS) is 14.6.